The van der Waals surface area contributed by atoms with Crippen LogP contribution in [-0.2, 0) is 5.41 Å². The van der Waals surface area contributed by atoms with Crippen molar-refractivity contribution < 1.29 is 0 Å². The van der Waals surface area contributed by atoms with Gasteiger partial charge in [-0.25, -0.2) is 0 Å². The number of hydrogen-bond acceptors (Lipinski definition) is 0. The highest BCUT2D eigenvalue weighted by atomic mass is 15.0. The van der Waals surface area contributed by atoms with Crippen molar-refractivity contribution in [1.82, 2.24) is 4.57 Å². The van der Waals surface area contributed by atoms with E-state index in [2.05, 4.69) is 193 Å². The maximum absolute atomic E-state index is 2.53. The van der Waals surface area contributed by atoms with E-state index >= 15 is 0 Å². The van der Waals surface area contributed by atoms with Crippen LogP contribution in [0.3, 0.4) is 0 Å². The van der Waals surface area contributed by atoms with Crippen molar-refractivity contribution in [3.05, 3.63) is 210 Å². The first kappa shape index (κ1) is 27.5. The first-order valence-electron chi connectivity index (χ1n) is 17.4. The molecular formula is C49H31N. The number of aromatic nitrogens is 1. The fraction of sp³-hybridized carbons (Fsp3) is 0.0204. The van der Waals surface area contributed by atoms with Gasteiger partial charge < -0.3 is 4.57 Å². The van der Waals surface area contributed by atoms with Gasteiger partial charge in [0.25, 0.3) is 0 Å². The number of nitrogens with zero attached hydrogens (tertiary/aromatic N) is 1. The Morgan fingerprint density at radius 3 is 1.36 bits per heavy atom. The SMILES string of the molecule is c1ccc(-c2cc(-c3ccccc3)cc(-n3c4ccccc4c4cc5c(cc43)-c3ccccc3C53c4ccccc4-c4ccccc43)c2)cc1. The van der Waals surface area contributed by atoms with Gasteiger partial charge in [-0.15, -0.1) is 0 Å². The van der Waals surface area contributed by atoms with Gasteiger partial charge in [-0.1, -0.05) is 152 Å². The van der Waals surface area contributed by atoms with Gasteiger partial charge >= 0.3 is 0 Å². The van der Waals surface area contributed by atoms with Gasteiger partial charge in [-0.2, -0.15) is 0 Å². The van der Waals surface area contributed by atoms with E-state index in [9.17, 15) is 0 Å². The van der Waals surface area contributed by atoms with Crippen molar-refractivity contribution in [2.75, 3.05) is 0 Å². The highest BCUT2D eigenvalue weighted by Gasteiger charge is 2.51. The van der Waals surface area contributed by atoms with Crippen molar-refractivity contribution in [3.8, 4) is 50.2 Å². The van der Waals surface area contributed by atoms with E-state index < -0.39 is 0 Å². The minimum absolute atomic E-state index is 0.371. The monoisotopic (exact) mass is 633 g/mol. The first-order chi connectivity index (χ1) is 24.8. The molecule has 1 heterocycles. The standard InChI is InChI=1S/C49H31N/c1-3-15-32(16-4-1)34-27-35(33-17-5-2-6-18-33)29-36(28-34)50-47-26-14-10-22-40(47)42-30-46-41(31-48(42)50)39-21-9-13-25-45(39)49(46)43-23-11-7-19-37(43)38-20-8-12-24-44(38)49/h1-31H. The van der Waals surface area contributed by atoms with E-state index in [-0.39, 0.29) is 5.41 Å². The summed E-state index contributed by atoms with van der Waals surface area (Å²) in [4.78, 5) is 0. The summed E-state index contributed by atoms with van der Waals surface area (Å²) in [5.74, 6) is 0. The highest BCUT2D eigenvalue weighted by molar-refractivity contribution is 6.12. The molecule has 50 heavy (non-hydrogen) atoms. The maximum atomic E-state index is 2.53. The molecule has 0 unspecified atom stereocenters. The van der Waals surface area contributed by atoms with Crippen molar-refractivity contribution >= 4 is 21.8 Å². The molecule has 8 aromatic carbocycles. The van der Waals surface area contributed by atoms with E-state index in [0.29, 0.717) is 0 Å². The Labute approximate surface area is 291 Å². The van der Waals surface area contributed by atoms with Crippen LogP contribution >= 0.6 is 0 Å². The smallest absolute Gasteiger partial charge is 0.0725 e. The molecule has 0 saturated heterocycles. The maximum Gasteiger partial charge on any atom is 0.0725 e. The van der Waals surface area contributed by atoms with Gasteiger partial charge in [0.05, 0.1) is 16.4 Å². The van der Waals surface area contributed by atoms with E-state index in [1.54, 1.807) is 0 Å². The molecule has 232 valence electrons. The molecule has 1 heteroatoms. The van der Waals surface area contributed by atoms with Crippen molar-refractivity contribution in [3.63, 3.8) is 0 Å². The summed E-state index contributed by atoms with van der Waals surface area (Å²) in [6.45, 7) is 0. The Hall–Kier alpha value is -6.44. The highest BCUT2D eigenvalue weighted by Crippen LogP contribution is 2.63. The predicted molar refractivity (Wildman–Crippen MR) is 208 cm³/mol. The first-order valence-corrected chi connectivity index (χ1v) is 17.4. The third-order valence-electron chi connectivity index (χ3n) is 11.2. The van der Waals surface area contributed by atoms with Crippen LogP contribution in [0.25, 0.3) is 72.0 Å². The summed E-state index contributed by atoms with van der Waals surface area (Å²) in [7, 11) is 0. The molecule has 1 aromatic heterocycles. The zero-order valence-corrected chi connectivity index (χ0v) is 27.3. The zero-order valence-electron chi connectivity index (χ0n) is 27.3. The topological polar surface area (TPSA) is 4.93 Å². The molecule has 0 saturated carbocycles. The molecule has 0 fully saturated rings. The Balaban J connectivity index is 1.25. The lowest BCUT2D eigenvalue weighted by Gasteiger charge is -2.30. The summed E-state index contributed by atoms with van der Waals surface area (Å²) in [6, 6.07) is 69.7. The molecule has 1 nitrogen and oxygen atoms in total. The largest absolute Gasteiger partial charge is 0.309 e. The zero-order chi connectivity index (χ0) is 32.8. The third-order valence-corrected chi connectivity index (χ3v) is 11.2. The Kier molecular flexibility index (Phi) is 5.66. The molecule has 9 aromatic rings. The molecule has 0 aliphatic heterocycles. The van der Waals surface area contributed by atoms with Gasteiger partial charge in [0, 0.05) is 16.5 Å². The van der Waals surface area contributed by atoms with Gasteiger partial charge in [-0.05, 0) is 103 Å². The van der Waals surface area contributed by atoms with Crippen molar-refractivity contribution in [1.29, 1.82) is 0 Å². The molecule has 1 spiro atoms. The molecule has 0 radical (unpaired) electrons. The molecule has 0 atom stereocenters. The quantitative estimate of drug-likeness (QED) is 0.182. The van der Waals surface area contributed by atoms with E-state index in [0.717, 1.165) is 5.69 Å². The van der Waals surface area contributed by atoms with Gasteiger partial charge in [0.15, 0.2) is 0 Å². The summed E-state index contributed by atoms with van der Waals surface area (Å²) in [6.07, 6.45) is 0. The average Bonchev–Trinajstić information content (AvgIpc) is 3.79. The fourth-order valence-corrected chi connectivity index (χ4v) is 9.17. The number of para-hydroxylation sites is 1. The van der Waals surface area contributed by atoms with Crippen LogP contribution in [0, 0.1) is 0 Å². The average molecular weight is 634 g/mol. The molecule has 0 N–H and O–H groups in total. The van der Waals surface area contributed by atoms with Crippen LogP contribution in [0.1, 0.15) is 22.3 Å². The normalized spacial score (nSPS) is 13.4. The summed E-state index contributed by atoms with van der Waals surface area (Å²) in [5.41, 5.74) is 18.8. The molecule has 0 amide bonds. The minimum atomic E-state index is -0.371. The molecule has 2 aliphatic rings. The second kappa shape index (κ2) is 10.3. The third kappa shape index (κ3) is 3.61. The van der Waals surface area contributed by atoms with Crippen LogP contribution in [-0.4, -0.2) is 4.57 Å². The minimum Gasteiger partial charge on any atom is -0.309 e. The lowest BCUT2D eigenvalue weighted by molar-refractivity contribution is 0.795. The molecule has 2 aliphatic carbocycles. The second-order valence-electron chi connectivity index (χ2n) is 13.7. The van der Waals surface area contributed by atoms with Gasteiger partial charge in [-0.3, -0.25) is 0 Å². The Morgan fingerprint density at radius 1 is 0.300 bits per heavy atom. The van der Waals surface area contributed by atoms with Crippen molar-refractivity contribution in [2.45, 2.75) is 5.41 Å². The summed E-state index contributed by atoms with van der Waals surface area (Å²) >= 11 is 0. The van der Waals surface area contributed by atoms with Crippen LogP contribution in [0.2, 0.25) is 0 Å². The lowest BCUT2D eigenvalue weighted by Crippen LogP contribution is -2.25. The van der Waals surface area contributed by atoms with Gasteiger partial charge in [0.2, 0.25) is 0 Å². The number of benzene rings is 8. The Bertz CT molecular complexity index is 2700. The predicted octanol–water partition coefficient (Wildman–Crippen LogP) is 12.5. The van der Waals surface area contributed by atoms with Crippen LogP contribution in [0.5, 0.6) is 0 Å². The molecule has 11 rings (SSSR count). The summed E-state index contributed by atoms with van der Waals surface area (Å²) in [5, 5.41) is 2.54. The van der Waals surface area contributed by atoms with Gasteiger partial charge in [0.1, 0.15) is 0 Å². The number of hydrogen-bond donors (Lipinski definition) is 0. The Morgan fingerprint density at radius 2 is 0.780 bits per heavy atom. The lowest BCUT2D eigenvalue weighted by atomic mass is 9.70. The van der Waals surface area contributed by atoms with E-state index in [1.165, 1.54) is 88.6 Å². The van der Waals surface area contributed by atoms with E-state index in [4.69, 9.17) is 0 Å². The number of rotatable bonds is 3. The van der Waals surface area contributed by atoms with Crippen LogP contribution < -0.4 is 0 Å². The van der Waals surface area contributed by atoms with E-state index in [1.807, 2.05) is 0 Å². The summed E-state index contributed by atoms with van der Waals surface area (Å²) < 4.78 is 2.49. The van der Waals surface area contributed by atoms with Crippen LogP contribution in [0.4, 0.5) is 0 Å². The van der Waals surface area contributed by atoms with Crippen LogP contribution in [0.15, 0.2) is 188 Å². The number of fused-ring (bicyclic) bond motifs is 13. The fourth-order valence-electron chi connectivity index (χ4n) is 9.17. The molecule has 0 bridgehead atoms. The molecular weight excluding hydrogens is 603 g/mol. The second-order valence-corrected chi connectivity index (χ2v) is 13.7. The van der Waals surface area contributed by atoms with Crippen molar-refractivity contribution in [2.24, 2.45) is 0 Å².